The second-order valence-electron chi connectivity index (χ2n) is 4.04. The molecule has 0 aliphatic rings. The Hall–Kier alpha value is -2.15. The molecule has 0 saturated carbocycles. The van der Waals surface area contributed by atoms with Crippen LogP contribution in [0.15, 0.2) is 10.6 Å². The van der Waals surface area contributed by atoms with E-state index in [2.05, 4.69) is 10.5 Å². The highest BCUT2D eigenvalue weighted by Crippen LogP contribution is 2.24. The molecular weight excluding hydrogens is 268 g/mol. The molecule has 2 heterocycles. The highest BCUT2D eigenvalue weighted by molar-refractivity contribution is 7.14. The zero-order valence-electron chi connectivity index (χ0n) is 10.6. The summed E-state index contributed by atoms with van der Waals surface area (Å²) in [7, 11) is 0. The first-order chi connectivity index (χ1) is 8.90. The maximum absolute atomic E-state index is 12.1. The van der Waals surface area contributed by atoms with E-state index in [1.54, 1.807) is 20.8 Å². The van der Waals surface area contributed by atoms with E-state index >= 15 is 0 Å². The number of aromatic carboxylic acids is 1. The van der Waals surface area contributed by atoms with Crippen LogP contribution >= 0.6 is 11.3 Å². The van der Waals surface area contributed by atoms with E-state index in [9.17, 15) is 9.59 Å². The maximum atomic E-state index is 12.1. The lowest BCUT2D eigenvalue weighted by molar-refractivity contribution is 0.0702. The van der Waals surface area contributed by atoms with E-state index in [4.69, 9.17) is 9.63 Å². The van der Waals surface area contributed by atoms with Crippen LogP contribution in [-0.4, -0.2) is 22.1 Å². The van der Waals surface area contributed by atoms with E-state index in [0.29, 0.717) is 27.6 Å². The van der Waals surface area contributed by atoms with E-state index in [1.807, 2.05) is 0 Å². The number of thiophene rings is 1. The molecule has 100 valence electrons. The highest BCUT2D eigenvalue weighted by Gasteiger charge is 2.19. The first-order valence-electron chi connectivity index (χ1n) is 5.48. The van der Waals surface area contributed by atoms with Gasteiger partial charge in [0.25, 0.3) is 5.91 Å². The Morgan fingerprint density at radius 1 is 1.37 bits per heavy atom. The summed E-state index contributed by atoms with van der Waals surface area (Å²) in [6, 6.07) is 1.37. The lowest BCUT2D eigenvalue weighted by Crippen LogP contribution is -2.13. The number of rotatable bonds is 3. The Morgan fingerprint density at radius 2 is 2.05 bits per heavy atom. The fraction of sp³-hybridized carbons (Fsp3) is 0.250. The molecule has 0 fully saturated rings. The molecule has 0 aliphatic heterocycles. The van der Waals surface area contributed by atoms with Crippen LogP contribution in [-0.2, 0) is 0 Å². The first kappa shape index (κ1) is 13.3. The number of carboxylic acids is 1. The minimum atomic E-state index is -1.04. The molecule has 0 atom stereocenters. The molecule has 0 saturated heterocycles. The van der Waals surface area contributed by atoms with Crippen LogP contribution in [0, 0.1) is 20.8 Å². The number of hydrogen-bond donors (Lipinski definition) is 2. The number of carbonyl (C=O) groups is 2. The average molecular weight is 280 g/mol. The van der Waals surface area contributed by atoms with Gasteiger partial charge in [0.2, 0.25) is 0 Å². The third kappa shape index (κ3) is 2.50. The van der Waals surface area contributed by atoms with Crippen molar-refractivity contribution < 1.29 is 19.2 Å². The molecule has 0 spiro atoms. The largest absolute Gasteiger partial charge is 0.477 e. The standard InChI is InChI=1S/C12H12N2O4S/c1-5-10(6(2)18-14-5)13-11(15)8-4-9(12(16)17)19-7(8)3/h4H,1-3H3,(H,13,15)(H,16,17). The summed E-state index contributed by atoms with van der Waals surface area (Å²) in [5.41, 5.74) is 1.45. The summed E-state index contributed by atoms with van der Waals surface area (Å²) < 4.78 is 4.95. The molecule has 6 nitrogen and oxygen atoms in total. The van der Waals surface area contributed by atoms with E-state index in [-0.39, 0.29) is 10.8 Å². The fourth-order valence-corrected chi connectivity index (χ4v) is 2.51. The Labute approximate surface area is 113 Å². The number of carbonyl (C=O) groups excluding carboxylic acids is 1. The van der Waals surface area contributed by atoms with Gasteiger partial charge < -0.3 is 14.9 Å². The Balaban J connectivity index is 2.28. The van der Waals surface area contributed by atoms with Gasteiger partial charge in [-0.3, -0.25) is 4.79 Å². The summed E-state index contributed by atoms with van der Waals surface area (Å²) in [6.45, 7) is 5.12. The summed E-state index contributed by atoms with van der Waals surface area (Å²) in [5, 5.41) is 15.3. The molecule has 19 heavy (non-hydrogen) atoms. The number of carboxylic acid groups (broad SMARTS) is 1. The van der Waals surface area contributed by atoms with Crippen molar-refractivity contribution in [3.05, 3.63) is 32.8 Å². The van der Waals surface area contributed by atoms with Gasteiger partial charge in [-0.15, -0.1) is 11.3 Å². The zero-order valence-corrected chi connectivity index (χ0v) is 11.4. The van der Waals surface area contributed by atoms with Gasteiger partial charge in [-0.1, -0.05) is 5.16 Å². The molecule has 0 aliphatic carbocycles. The summed E-state index contributed by atoms with van der Waals surface area (Å²) in [4.78, 5) is 23.8. The normalized spacial score (nSPS) is 10.5. The van der Waals surface area contributed by atoms with Crippen molar-refractivity contribution in [2.75, 3.05) is 5.32 Å². The molecule has 1 amide bonds. The number of nitrogens with zero attached hydrogens (tertiary/aromatic N) is 1. The molecule has 0 radical (unpaired) electrons. The van der Waals surface area contributed by atoms with E-state index in [1.165, 1.54) is 6.07 Å². The van der Waals surface area contributed by atoms with Crippen LogP contribution < -0.4 is 5.32 Å². The van der Waals surface area contributed by atoms with Crippen molar-refractivity contribution in [1.82, 2.24) is 5.16 Å². The van der Waals surface area contributed by atoms with Gasteiger partial charge in [-0.25, -0.2) is 4.79 Å². The molecule has 2 N–H and O–H groups in total. The Bertz CT molecular complexity index is 637. The second-order valence-corrected chi connectivity index (χ2v) is 5.30. The smallest absolute Gasteiger partial charge is 0.345 e. The Kier molecular flexibility index (Phi) is 3.39. The van der Waals surface area contributed by atoms with Gasteiger partial charge in [0.1, 0.15) is 16.3 Å². The molecule has 0 unspecified atom stereocenters. The van der Waals surface area contributed by atoms with Gasteiger partial charge in [-0.05, 0) is 26.8 Å². The van der Waals surface area contributed by atoms with E-state index < -0.39 is 5.97 Å². The topological polar surface area (TPSA) is 92.4 Å². The first-order valence-corrected chi connectivity index (χ1v) is 6.29. The number of aryl methyl sites for hydroxylation is 3. The van der Waals surface area contributed by atoms with Gasteiger partial charge in [-0.2, -0.15) is 0 Å². The van der Waals surface area contributed by atoms with Crippen LogP contribution in [0.3, 0.4) is 0 Å². The second kappa shape index (κ2) is 4.85. The van der Waals surface area contributed by atoms with Crippen LogP contribution in [0.5, 0.6) is 0 Å². The van der Waals surface area contributed by atoms with Crippen molar-refractivity contribution in [2.24, 2.45) is 0 Å². The molecule has 0 bridgehead atoms. The lowest BCUT2D eigenvalue weighted by atomic mass is 10.2. The van der Waals surface area contributed by atoms with Crippen molar-refractivity contribution in [2.45, 2.75) is 20.8 Å². The van der Waals surface area contributed by atoms with Crippen molar-refractivity contribution in [1.29, 1.82) is 0 Å². The number of nitrogens with one attached hydrogen (secondary N) is 1. The molecular formula is C12H12N2O4S. The van der Waals surface area contributed by atoms with E-state index in [0.717, 1.165) is 11.3 Å². The van der Waals surface area contributed by atoms with Gasteiger partial charge in [0.15, 0.2) is 5.76 Å². The predicted molar refractivity (Wildman–Crippen MR) is 69.9 cm³/mol. The van der Waals surface area contributed by atoms with Crippen LogP contribution in [0.4, 0.5) is 5.69 Å². The van der Waals surface area contributed by atoms with Crippen LogP contribution in [0.25, 0.3) is 0 Å². The quantitative estimate of drug-likeness (QED) is 0.901. The molecule has 2 rings (SSSR count). The van der Waals surface area contributed by atoms with Crippen molar-refractivity contribution in [3.8, 4) is 0 Å². The monoisotopic (exact) mass is 280 g/mol. The van der Waals surface area contributed by atoms with Gasteiger partial charge in [0.05, 0.1) is 5.56 Å². The van der Waals surface area contributed by atoms with Crippen molar-refractivity contribution in [3.63, 3.8) is 0 Å². The summed E-state index contributed by atoms with van der Waals surface area (Å²) in [6.07, 6.45) is 0. The maximum Gasteiger partial charge on any atom is 0.345 e. The van der Waals surface area contributed by atoms with Crippen LogP contribution in [0.1, 0.15) is 36.4 Å². The lowest BCUT2D eigenvalue weighted by Gasteiger charge is -2.03. The number of amides is 1. The predicted octanol–water partition coefficient (Wildman–Crippen LogP) is 2.61. The third-order valence-corrected chi connectivity index (χ3v) is 3.68. The minimum absolute atomic E-state index is 0.140. The Morgan fingerprint density at radius 3 is 2.53 bits per heavy atom. The molecule has 2 aromatic rings. The molecule has 2 aromatic heterocycles. The SMILES string of the molecule is Cc1noc(C)c1NC(=O)c1cc(C(=O)O)sc1C. The summed E-state index contributed by atoms with van der Waals surface area (Å²) in [5.74, 6) is -0.891. The van der Waals surface area contributed by atoms with Crippen molar-refractivity contribution >= 4 is 28.9 Å². The third-order valence-electron chi connectivity index (χ3n) is 2.65. The van der Waals surface area contributed by atoms with Gasteiger partial charge >= 0.3 is 5.97 Å². The van der Waals surface area contributed by atoms with Gasteiger partial charge in [0, 0.05) is 4.88 Å². The molecule has 7 heteroatoms. The highest BCUT2D eigenvalue weighted by atomic mass is 32.1. The fourth-order valence-electron chi connectivity index (χ4n) is 1.66. The summed E-state index contributed by atoms with van der Waals surface area (Å²) >= 11 is 1.07. The number of hydrogen-bond acceptors (Lipinski definition) is 5. The zero-order chi connectivity index (χ0) is 14.2. The number of aromatic nitrogens is 1. The minimum Gasteiger partial charge on any atom is -0.477 e. The number of anilines is 1. The average Bonchev–Trinajstić information content (AvgIpc) is 2.87. The molecule has 0 aromatic carbocycles. The van der Waals surface area contributed by atoms with Crippen LogP contribution in [0.2, 0.25) is 0 Å².